The van der Waals surface area contributed by atoms with Crippen molar-refractivity contribution in [2.75, 3.05) is 6.54 Å². The van der Waals surface area contributed by atoms with Crippen LogP contribution in [0, 0.1) is 5.41 Å². The highest BCUT2D eigenvalue weighted by Crippen LogP contribution is 2.24. The first-order valence-electron chi connectivity index (χ1n) is 5.21. The van der Waals surface area contributed by atoms with E-state index in [1.54, 1.807) is 6.07 Å². The van der Waals surface area contributed by atoms with E-state index in [-0.39, 0.29) is 16.1 Å². The van der Waals surface area contributed by atoms with Crippen molar-refractivity contribution in [3.63, 3.8) is 0 Å². The minimum absolute atomic E-state index is 0.202. The van der Waals surface area contributed by atoms with Gasteiger partial charge in [-0.1, -0.05) is 41.9 Å². The van der Waals surface area contributed by atoms with E-state index in [1.165, 1.54) is 6.26 Å². The quantitative estimate of drug-likeness (QED) is 0.867. The minimum Gasteiger partial charge on any atom is -0.364 e. The molecule has 1 heterocycles. The lowest BCUT2D eigenvalue weighted by Gasteiger charge is -2.22. The summed E-state index contributed by atoms with van der Waals surface area (Å²) < 4.78 is 4.60. The van der Waals surface area contributed by atoms with Gasteiger partial charge in [0.15, 0.2) is 5.69 Å². The number of rotatable bonds is 4. The molecule has 1 N–H and O–H groups in total. The van der Waals surface area contributed by atoms with Gasteiger partial charge in [0, 0.05) is 17.4 Å². The third-order valence-corrected chi connectivity index (χ3v) is 2.64. The molecule has 0 saturated carbocycles. The lowest BCUT2D eigenvalue weighted by molar-refractivity contribution is 0.0943. The molecule has 0 aliphatic rings. The Hall–Kier alpha value is -0.840. The van der Waals surface area contributed by atoms with E-state index in [2.05, 4.69) is 51.7 Å². The number of nitrogens with zero attached hydrogens (tertiary/aromatic N) is 1. The summed E-state index contributed by atoms with van der Waals surface area (Å²) in [6.45, 7) is 7.09. The number of hydrogen-bond acceptors (Lipinski definition) is 3. The second-order valence-electron chi connectivity index (χ2n) is 4.96. The maximum atomic E-state index is 11.5. The van der Waals surface area contributed by atoms with Crippen LogP contribution in [0.2, 0.25) is 0 Å². The second-order valence-corrected chi connectivity index (χ2v) is 6.25. The average molecular weight is 289 g/mol. The van der Waals surface area contributed by atoms with Gasteiger partial charge in [0.1, 0.15) is 6.26 Å². The number of alkyl halides is 1. The second kappa shape index (κ2) is 5.48. The molecular formula is C11H17BrN2O2. The Morgan fingerprint density at radius 1 is 1.62 bits per heavy atom. The number of aromatic nitrogens is 1. The van der Waals surface area contributed by atoms with Gasteiger partial charge in [-0.2, -0.15) is 0 Å². The molecule has 1 rings (SSSR count). The zero-order valence-corrected chi connectivity index (χ0v) is 11.4. The van der Waals surface area contributed by atoms with E-state index in [1.807, 2.05) is 0 Å². The van der Waals surface area contributed by atoms with E-state index in [0.29, 0.717) is 12.2 Å². The van der Waals surface area contributed by atoms with Crippen molar-refractivity contribution in [2.24, 2.45) is 5.41 Å². The zero-order valence-electron chi connectivity index (χ0n) is 9.79. The van der Waals surface area contributed by atoms with E-state index in [4.69, 9.17) is 0 Å². The summed E-state index contributed by atoms with van der Waals surface area (Å²) in [5, 5.41) is 6.37. The molecule has 0 aliphatic heterocycles. The Morgan fingerprint density at radius 3 is 2.81 bits per heavy atom. The monoisotopic (exact) mass is 288 g/mol. The fourth-order valence-electron chi connectivity index (χ4n) is 1.36. The molecule has 1 atom stereocenters. The van der Waals surface area contributed by atoms with Crippen LogP contribution in [0.5, 0.6) is 0 Å². The predicted octanol–water partition coefficient (Wildman–Crippen LogP) is 2.60. The summed E-state index contributed by atoms with van der Waals surface area (Å²) in [7, 11) is 0. The van der Waals surface area contributed by atoms with Crippen LogP contribution in [-0.4, -0.2) is 22.4 Å². The molecule has 0 fully saturated rings. The summed E-state index contributed by atoms with van der Waals surface area (Å²) in [5.74, 6) is -0.202. The van der Waals surface area contributed by atoms with Crippen molar-refractivity contribution >= 4 is 21.8 Å². The molecule has 1 aromatic rings. The number of amides is 1. The first kappa shape index (κ1) is 13.2. The minimum atomic E-state index is -0.202. The lowest BCUT2D eigenvalue weighted by Crippen LogP contribution is -2.31. The van der Waals surface area contributed by atoms with Crippen molar-refractivity contribution in [2.45, 2.75) is 32.0 Å². The third kappa shape index (κ3) is 4.79. The van der Waals surface area contributed by atoms with Crippen molar-refractivity contribution in [1.82, 2.24) is 10.5 Å². The number of halogens is 1. The van der Waals surface area contributed by atoms with Gasteiger partial charge in [0.2, 0.25) is 0 Å². The Balaban J connectivity index is 2.32. The highest BCUT2D eigenvalue weighted by molar-refractivity contribution is 9.09. The van der Waals surface area contributed by atoms with Gasteiger partial charge in [-0.05, 0) is 11.8 Å². The molecule has 0 radical (unpaired) electrons. The van der Waals surface area contributed by atoms with Gasteiger partial charge >= 0.3 is 0 Å². The molecule has 90 valence electrons. The molecule has 4 nitrogen and oxygen atoms in total. The summed E-state index contributed by atoms with van der Waals surface area (Å²) in [6, 6.07) is 1.54. The SMILES string of the molecule is CC(C)(C)CC(Br)CNC(=O)c1ccon1. The number of carbonyl (C=O) groups is 1. The molecule has 16 heavy (non-hydrogen) atoms. The van der Waals surface area contributed by atoms with E-state index in [0.717, 1.165) is 6.42 Å². The fraction of sp³-hybridized carbons (Fsp3) is 0.636. The highest BCUT2D eigenvalue weighted by atomic mass is 79.9. The van der Waals surface area contributed by atoms with Crippen LogP contribution in [0.25, 0.3) is 0 Å². The maximum absolute atomic E-state index is 11.5. The Labute approximate surface area is 104 Å². The van der Waals surface area contributed by atoms with Gasteiger partial charge in [-0.3, -0.25) is 4.79 Å². The number of carbonyl (C=O) groups excluding carboxylic acids is 1. The normalized spacial score (nSPS) is 13.5. The first-order valence-corrected chi connectivity index (χ1v) is 6.13. The molecule has 0 saturated heterocycles. The van der Waals surface area contributed by atoms with Gasteiger partial charge in [-0.25, -0.2) is 0 Å². The van der Waals surface area contributed by atoms with E-state index >= 15 is 0 Å². The van der Waals surface area contributed by atoms with Crippen molar-refractivity contribution in [3.8, 4) is 0 Å². The number of nitrogens with one attached hydrogen (secondary N) is 1. The summed E-state index contributed by atoms with van der Waals surface area (Å²) >= 11 is 3.55. The molecule has 5 heteroatoms. The Kier molecular flexibility index (Phi) is 4.53. The summed E-state index contributed by atoms with van der Waals surface area (Å²) in [6.07, 6.45) is 2.38. The van der Waals surface area contributed by atoms with Crippen LogP contribution in [0.1, 0.15) is 37.7 Å². The van der Waals surface area contributed by atoms with Crippen LogP contribution >= 0.6 is 15.9 Å². The van der Waals surface area contributed by atoms with Crippen LogP contribution in [0.4, 0.5) is 0 Å². The van der Waals surface area contributed by atoms with Crippen LogP contribution in [0.15, 0.2) is 16.9 Å². The van der Waals surface area contributed by atoms with Gasteiger partial charge in [0.25, 0.3) is 5.91 Å². The Bertz CT molecular complexity index is 330. The smallest absolute Gasteiger partial charge is 0.273 e. The zero-order chi connectivity index (χ0) is 12.2. The van der Waals surface area contributed by atoms with E-state index in [9.17, 15) is 4.79 Å². The molecule has 0 bridgehead atoms. The standard InChI is InChI=1S/C11H17BrN2O2/c1-11(2,3)6-8(12)7-13-10(15)9-4-5-16-14-9/h4-5,8H,6-7H2,1-3H3,(H,13,15). The molecule has 0 aromatic carbocycles. The van der Waals surface area contributed by atoms with E-state index < -0.39 is 0 Å². The molecule has 1 aromatic heterocycles. The van der Waals surface area contributed by atoms with Gasteiger partial charge in [0.05, 0.1) is 0 Å². The summed E-state index contributed by atoms with van der Waals surface area (Å²) in [5.41, 5.74) is 0.558. The highest BCUT2D eigenvalue weighted by Gasteiger charge is 2.17. The van der Waals surface area contributed by atoms with Gasteiger partial charge in [-0.15, -0.1) is 0 Å². The first-order chi connectivity index (χ1) is 7.38. The largest absolute Gasteiger partial charge is 0.364 e. The summed E-state index contributed by atoms with van der Waals surface area (Å²) in [4.78, 5) is 11.8. The Morgan fingerprint density at radius 2 is 2.31 bits per heavy atom. The predicted molar refractivity (Wildman–Crippen MR) is 65.6 cm³/mol. The third-order valence-electron chi connectivity index (χ3n) is 1.99. The molecule has 0 aliphatic carbocycles. The molecular weight excluding hydrogens is 272 g/mol. The van der Waals surface area contributed by atoms with Crippen molar-refractivity contribution < 1.29 is 9.32 Å². The van der Waals surface area contributed by atoms with Crippen molar-refractivity contribution in [3.05, 3.63) is 18.0 Å². The lowest BCUT2D eigenvalue weighted by atomic mass is 9.90. The van der Waals surface area contributed by atoms with Crippen LogP contribution in [-0.2, 0) is 0 Å². The molecule has 1 amide bonds. The topological polar surface area (TPSA) is 55.1 Å². The number of hydrogen-bond donors (Lipinski definition) is 1. The molecule has 1 unspecified atom stereocenters. The van der Waals surface area contributed by atoms with Crippen LogP contribution in [0.3, 0.4) is 0 Å². The van der Waals surface area contributed by atoms with Crippen molar-refractivity contribution in [1.29, 1.82) is 0 Å². The maximum Gasteiger partial charge on any atom is 0.273 e. The fourth-order valence-corrected chi connectivity index (χ4v) is 2.49. The van der Waals surface area contributed by atoms with Crippen LogP contribution < -0.4 is 5.32 Å². The molecule has 0 spiro atoms. The van der Waals surface area contributed by atoms with Gasteiger partial charge < -0.3 is 9.84 Å². The average Bonchev–Trinajstić information content (AvgIpc) is 2.64.